The molecule has 1 heterocycles. The Morgan fingerprint density at radius 2 is 2.19 bits per heavy atom. The van der Waals surface area contributed by atoms with Gasteiger partial charge >= 0.3 is 0 Å². The molecule has 8 nitrogen and oxygen atoms in total. The number of nitrogens with one attached hydrogen (secondary N) is 2. The number of amides is 1. The minimum atomic E-state index is -0.492. The van der Waals surface area contributed by atoms with Crippen LogP contribution in [0.4, 0.5) is 11.4 Å². The van der Waals surface area contributed by atoms with Crippen LogP contribution in [0.2, 0.25) is 0 Å². The fraction of sp³-hybridized carbons (Fsp3) is 0.231. The summed E-state index contributed by atoms with van der Waals surface area (Å²) in [7, 11) is 1.83. The summed E-state index contributed by atoms with van der Waals surface area (Å²) in [6.07, 6.45) is 3.43. The topological polar surface area (TPSA) is 102 Å². The van der Waals surface area contributed by atoms with E-state index >= 15 is 0 Å². The second kappa shape index (κ2) is 6.51. The standard InChI is InChI=1S/C13H15N5O3/c1-17-7-6-14-12(17)8-16-13(19)9-15-10-4-2-3-5-11(10)18(20)21/h2-7,15H,8-9H2,1H3,(H,16,19). The number of benzene rings is 1. The van der Waals surface area contributed by atoms with Crippen LogP contribution in [-0.2, 0) is 18.4 Å². The monoisotopic (exact) mass is 289 g/mol. The number of hydrogen-bond donors (Lipinski definition) is 2. The van der Waals surface area contributed by atoms with Crippen LogP contribution >= 0.6 is 0 Å². The van der Waals surface area contributed by atoms with Crippen LogP contribution in [0.5, 0.6) is 0 Å². The minimum absolute atomic E-state index is 0.0464. The lowest BCUT2D eigenvalue weighted by Gasteiger charge is -2.08. The highest BCUT2D eigenvalue weighted by Crippen LogP contribution is 2.22. The van der Waals surface area contributed by atoms with Crippen molar-refractivity contribution in [3.63, 3.8) is 0 Å². The number of carbonyl (C=O) groups is 1. The number of aryl methyl sites for hydroxylation is 1. The molecule has 8 heteroatoms. The van der Waals surface area contributed by atoms with E-state index in [1.807, 2.05) is 7.05 Å². The van der Waals surface area contributed by atoms with Gasteiger partial charge in [-0.05, 0) is 6.07 Å². The Labute approximate surface area is 121 Å². The highest BCUT2D eigenvalue weighted by Gasteiger charge is 2.13. The summed E-state index contributed by atoms with van der Waals surface area (Å²) in [4.78, 5) is 26.2. The minimum Gasteiger partial charge on any atom is -0.371 e. The van der Waals surface area contributed by atoms with Crippen LogP contribution in [-0.4, -0.2) is 26.9 Å². The molecule has 1 aromatic heterocycles. The third-order valence-corrected chi connectivity index (χ3v) is 2.90. The van der Waals surface area contributed by atoms with E-state index in [1.165, 1.54) is 6.07 Å². The lowest BCUT2D eigenvalue weighted by Crippen LogP contribution is -2.30. The predicted molar refractivity (Wildman–Crippen MR) is 76.6 cm³/mol. The zero-order chi connectivity index (χ0) is 15.2. The molecule has 0 saturated carbocycles. The molecule has 0 spiro atoms. The highest BCUT2D eigenvalue weighted by atomic mass is 16.6. The van der Waals surface area contributed by atoms with Gasteiger partial charge in [-0.25, -0.2) is 4.98 Å². The Bertz CT molecular complexity index is 653. The lowest BCUT2D eigenvalue weighted by atomic mass is 10.2. The summed E-state index contributed by atoms with van der Waals surface area (Å²) in [5.41, 5.74) is 0.254. The first-order valence-corrected chi connectivity index (χ1v) is 6.28. The van der Waals surface area contributed by atoms with E-state index in [1.54, 1.807) is 35.2 Å². The Balaban J connectivity index is 1.87. The summed E-state index contributed by atoms with van der Waals surface area (Å²) < 4.78 is 1.80. The van der Waals surface area contributed by atoms with Crippen LogP contribution in [0.15, 0.2) is 36.7 Å². The molecule has 2 aromatic rings. The maximum absolute atomic E-state index is 11.7. The third kappa shape index (κ3) is 3.78. The van der Waals surface area contributed by atoms with E-state index in [4.69, 9.17) is 0 Å². The van der Waals surface area contributed by atoms with Gasteiger partial charge in [-0.2, -0.15) is 0 Å². The molecule has 0 fully saturated rings. The van der Waals surface area contributed by atoms with Crippen molar-refractivity contribution in [2.45, 2.75) is 6.54 Å². The fourth-order valence-corrected chi connectivity index (χ4v) is 1.76. The van der Waals surface area contributed by atoms with Crippen LogP contribution in [0.1, 0.15) is 5.82 Å². The summed E-state index contributed by atoms with van der Waals surface area (Å²) >= 11 is 0. The largest absolute Gasteiger partial charge is 0.371 e. The molecule has 1 aromatic carbocycles. The number of nitro groups is 1. The van der Waals surface area contributed by atoms with E-state index < -0.39 is 4.92 Å². The van der Waals surface area contributed by atoms with E-state index in [0.29, 0.717) is 12.2 Å². The van der Waals surface area contributed by atoms with Gasteiger partial charge < -0.3 is 15.2 Å². The number of nitro benzene ring substituents is 1. The molecule has 0 radical (unpaired) electrons. The van der Waals surface area contributed by atoms with Crippen molar-refractivity contribution in [3.8, 4) is 0 Å². The van der Waals surface area contributed by atoms with Crippen LogP contribution < -0.4 is 10.6 Å². The van der Waals surface area contributed by atoms with Gasteiger partial charge in [0.25, 0.3) is 5.69 Å². The van der Waals surface area contributed by atoms with Crippen LogP contribution in [0.3, 0.4) is 0 Å². The molecule has 0 aliphatic rings. The van der Waals surface area contributed by atoms with Gasteiger partial charge in [0, 0.05) is 25.5 Å². The molecule has 0 aliphatic heterocycles. The van der Waals surface area contributed by atoms with Gasteiger partial charge in [-0.3, -0.25) is 14.9 Å². The second-order valence-electron chi connectivity index (χ2n) is 4.36. The van der Waals surface area contributed by atoms with E-state index in [9.17, 15) is 14.9 Å². The summed E-state index contributed by atoms with van der Waals surface area (Å²) in [5, 5.41) is 16.3. The molecule has 0 aliphatic carbocycles. The van der Waals surface area contributed by atoms with Gasteiger partial charge in [0.15, 0.2) is 0 Å². The van der Waals surface area contributed by atoms with E-state index in [0.717, 1.165) is 5.82 Å². The van der Waals surface area contributed by atoms with E-state index in [2.05, 4.69) is 15.6 Å². The maximum atomic E-state index is 11.7. The van der Waals surface area contributed by atoms with Crippen LogP contribution in [0, 0.1) is 10.1 Å². The quantitative estimate of drug-likeness (QED) is 0.611. The molecule has 2 N–H and O–H groups in total. The van der Waals surface area contributed by atoms with Crippen molar-refractivity contribution < 1.29 is 9.72 Å². The summed E-state index contributed by atoms with van der Waals surface area (Å²) in [6.45, 7) is 0.260. The average Bonchev–Trinajstić information content (AvgIpc) is 2.88. The lowest BCUT2D eigenvalue weighted by molar-refractivity contribution is -0.383. The third-order valence-electron chi connectivity index (χ3n) is 2.90. The van der Waals surface area contributed by atoms with Gasteiger partial charge in [0.2, 0.25) is 5.91 Å². The van der Waals surface area contributed by atoms with Crippen molar-refractivity contribution in [1.82, 2.24) is 14.9 Å². The first kappa shape index (κ1) is 14.5. The molecule has 1 amide bonds. The molecule has 0 saturated heterocycles. The zero-order valence-electron chi connectivity index (χ0n) is 11.4. The van der Waals surface area contributed by atoms with Gasteiger partial charge in [-0.15, -0.1) is 0 Å². The van der Waals surface area contributed by atoms with Crippen molar-refractivity contribution in [3.05, 3.63) is 52.6 Å². The number of imidazole rings is 1. The molecule has 110 valence electrons. The van der Waals surface area contributed by atoms with Crippen LogP contribution in [0.25, 0.3) is 0 Å². The zero-order valence-corrected chi connectivity index (χ0v) is 11.4. The predicted octanol–water partition coefficient (Wildman–Crippen LogP) is 1.06. The fourth-order valence-electron chi connectivity index (χ4n) is 1.76. The molecule has 2 rings (SSSR count). The number of para-hydroxylation sites is 2. The van der Waals surface area contributed by atoms with Gasteiger partial charge in [0.1, 0.15) is 11.5 Å². The Kier molecular flexibility index (Phi) is 4.50. The SMILES string of the molecule is Cn1ccnc1CNC(=O)CNc1ccccc1[N+](=O)[O-]. The molecule has 0 atom stereocenters. The maximum Gasteiger partial charge on any atom is 0.292 e. The normalized spacial score (nSPS) is 10.1. The molecular formula is C13H15N5O3. The van der Waals surface area contributed by atoms with Gasteiger partial charge in [0.05, 0.1) is 18.0 Å². The number of aromatic nitrogens is 2. The molecular weight excluding hydrogens is 274 g/mol. The highest BCUT2D eigenvalue weighted by molar-refractivity contribution is 5.81. The number of carbonyl (C=O) groups excluding carboxylic acids is 1. The number of anilines is 1. The summed E-state index contributed by atoms with van der Waals surface area (Å²) in [5.74, 6) is 0.463. The van der Waals surface area contributed by atoms with Crippen molar-refractivity contribution >= 4 is 17.3 Å². The first-order valence-electron chi connectivity index (χ1n) is 6.28. The first-order chi connectivity index (χ1) is 10.1. The molecule has 0 bridgehead atoms. The van der Waals surface area contributed by atoms with E-state index in [-0.39, 0.29) is 18.1 Å². The molecule has 0 unspecified atom stereocenters. The number of nitrogens with zero attached hydrogens (tertiary/aromatic N) is 3. The van der Waals surface area contributed by atoms with Crippen molar-refractivity contribution in [2.75, 3.05) is 11.9 Å². The smallest absolute Gasteiger partial charge is 0.292 e. The second-order valence-corrected chi connectivity index (χ2v) is 4.36. The van der Waals surface area contributed by atoms with Crippen molar-refractivity contribution in [1.29, 1.82) is 0 Å². The van der Waals surface area contributed by atoms with Crippen molar-refractivity contribution in [2.24, 2.45) is 7.05 Å². The number of rotatable bonds is 6. The summed E-state index contributed by atoms with van der Waals surface area (Å²) in [6, 6.07) is 6.18. The Morgan fingerprint density at radius 3 is 2.86 bits per heavy atom. The molecule has 21 heavy (non-hydrogen) atoms. The number of hydrogen-bond acceptors (Lipinski definition) is 5. The Hall–Kier alpha value is -2.90. The van der Waals surface area contributed by atoms with Gasteiger partial charge in [-0.1, -0.05) is 12.1 Å². The Morgan fingerprint density at radius 1 is 1.43 bits per heavy atom. The average molecular weight is 289 g/mol.